The van der Waals surface area contributed by atoms with Crippen molar-refractivity contribution in [3.63, 3.8) is 0 Å². The summed E-state index contributed by atoms with van der Waals surface area (Å²) in [4.78, 5) is 33.5. The standard InChI is InChI=1S/C10H15N2O3.Y/c1-3-6(2)9(14)11-7-4-5-8(13)12-10(7)15;/h3,6-7H,4-5H2,1-2H3,(H2,11,12,13,14,15);/q-1;/p-1/t6-,7?;/m0./s1. The first-order valence-electron chi connectivity index (χ1n) is 4.92. The molecule has 5 nitrogen and oxygen atoms in total. The minimum atomic E-state index is -0.697. The van der Waals surface area contributed by atoms with E-state index >= 15 is 0 Å². The quantitative estimate of drug-likeness (QED) is 0.610. The first kappa shape index (κ1) is 15.7. The Morgan fingerprint density at radius 3 is 2.69 bits per heavy atom. The van der Waals surface area contributed by atoms with E-state index in [1.165, 1.54) is 0 Å². The Bertz CT molecular complexity index is 294. The largest absolute Gasteiger partial charge is 0.645 e. The van der Waals surface area contributed by atoms with E-state index in [1.807, 2.05) is 0 Å². The molecule has 2 atom stereocenters. The molecule has 0 aliphatic carbocycles. The van der Waals surface area contributed by atoms with Crippen LogP contribution in [0, 0.1) is 12.3 Å². The number of nitrogens with zero attached hydrogens (tertiary/aromatic N) is 1. The average Bonchev–Trinajstić information content (AvgIpc) is 2.20. The molecule has 1 unspecified atom stereocenters. The average molecular weight is 299 g/mol. The van der Waals surface area contributed by atoms with Gasteiger partial charge in [0.2, 0.25) is 11.8 Å². The van der Waals surface area contributed by atoms with Crippen LogP contribution in [-0.4, -0.2) is 23.8 Å². The molecule has 1 radical (unpaired) electrons. The second-order valence-corrected chi connectivity index (χ2v) is 3.56. The third-order valence-electron chi connectivity index (χ3n) is 2.38. The van der Waals surface area contributed by atoms with Crippen LogP contribution in [0.5, 0.6) is 0 Å². The maximum absolute atomic E-state index is 11.4. The van der Waals surface area contributed by atoms with E-state index in [1.54, 1.807) is 20.3 Å². The fraction of sp³-hybridized carbons (Fsp3) is 0.600. The van der Waals surface area contributed by atoms with Gasteiger partial charge in [-0.3, -0.25) is 14.9 Å². The van der Waals surface area contributed by atoms with E-state index < -0.39 is 11.9 Å². The Kier molecular flexibility index (Phi) is 6.99. The van der Waals surface area contributed by atoms with Crippen molar-refractivity contribution < 1.29 is 47.1 Å². The summed E-state index contributed by atoms with van der Waals surface area (Å²) in [6, 6.07) is -0.697. The van der Waals surface area contributed by atoms with Gasteiger partial charge in [-0.1, -0.05) is 6.92 Å². The zero-order valence-electron chi connectivity index (χ0n) is 9.40. The number of rotatable bonds is 3. The first-order chi connectivity index (χ1) is 7.04. The third kappa shape index (κ3) is 4.30. The Balaban J connectivity index is 0.00000225. The normalized spacial score (nSPS) is 21.8. The summed E-state index contributed by atoms with van der Waals surface area (Å²) in [6.45, 7) is 3.49. The smallest absolute Gasteiger partial charge is 0.226 e. The second-order valence-electron chi connectivity index (χ2n) is 3.56. The molecule has 1 heterocycles. The third-order valence-corrected chi connectivity index (χ3v) is 2.38. The molecule has 0 aromatic heterocycles. The number of amides is 3. The molecule has 1 aliphatic rings. The molecule has 1 saturated heterocycles. The van der Waals surface area contributed by atoms with Crippen molar-refractivity contribution >= 4 is 17.7 Å². The van der Waals surface area contributed by atoms with Crippen LogP contribution in [0.25, 0.3) is 5.32 Å². The molecular formula is C10H14N2O3Y-2. The maximum atomic E-state index is 11.4. The van der Waals surface area contributed by atoms with Gasteiger partial charge in [-0.15, -0.1) is 5.92 Å². The summed E-state index contributed by atoms with van der Waals surface area (Å²) >= 11 is 0. The fourth-order valence-electron chi connectivity index (χ4n) is 1.22. The molecule has 1 rings (SSSR count). The monoisotopic (exact) mass is 299 g/mol. The summed E-state index contributed by atoms with van der Waals surface area (Å²) in [5.74, 6) is -1.36. The van der Waals surface area contributed by atoms with Gasteiger partial charge >= 0.3 is 0 Å². The minimum absolute atomic E-state index is 0. The van der Waals surface area contributed by atoms with Crippen molar-refractivity contribution in [2.75, 3.05) is 0 Å². The van der Waals surface area contributed by atoms with Crippen molar-refractivity contribution in [3.05, 3.63) is 11.7 Å². The van der Waals surface area contributed by atoms with E-state index in [2.05, 4.69) is 10.6 Å². The minimum Gasteiger partial charge on any atom is -0.645 e. The van der Waals surface area contributed by atoms with Gasteiger partial charge in [-0.05, 0) is 12.5 Å². The van der Waals surface area contributed by atoms with Crippen LogP contribution >= 0.6 is 0 Å². The van der Waals surface area contributed by atoms with Crippen LogP contribution in [0.1, 0.15) is 26.7 Å². The molecule has 1 N–H and O–H groups in total. The summed E-state index contributed by atoms with van der Waals surface area (Å²) < 4.78 is 0. The SMILES string of the molecule is C[CH-][C@H](C)C(=O)[N-]C1CCC(=O)NC1=O.[Y]. The predicted octanol–water partition coefficient (Wildman–Crippen LogP) is 0.550. The number of piperidine rings is 1. The summed E-state index contributed by atoms with van der Waals surface area (Å²) in [6.07, 6.45) is 2.29. The molecule has 16 heavy (non-hydrogen) atoms. The molecule has 1 aliphatic heterocycles. The van der Waals surface area contributed by atoms with Crippen LogP contribution in [0.2, 0.25) is 0 Å². The zero-order chi connectivity index (χ0) is 11.4. The van der Waals surface area contributed by atoms with Gasteiger partial charge in [0.25, 0.3) is 0 Å². The maximum Gasteiger partial charge on any atom is 0.226 e. The first-order valence-corrected chi connectivity index (χ1v) is 4.92. The predicted molar refractivity (Wildman–Crippen MR) is 53.7 cm³/mol. The molecule has 3 amide bonds. The van der Waals surface area contributed by atoms with Crippen molar-refractivity contribution in [2.24, 2.45) is 5.92 Å². The second kappa shape index (κ2) is 7.12. The topological polar surface area (TPSA) is 77.3 Å². The molecular weight excluding hydrogens is 285 g/mol. The zero-order valence-corrected chi connectivity index (χ0v) is 12.2. The number of hydrogen-bond donors (Lipinski definition) is 1. The summed E-state index contributed by atoms with van der Waals surface area (Å²) in [7, 11) is 0. The molecule has 87 valence electrons. The fourth-order valence-corrected chi connectivity index (χ4v) is 1.22. The van der Waals surface area contributed by atoms with Crippen LogP contribution in [0.3, 0.4) is 0 Å². The van der Waals surface area contributed by atoms with E-state index in [0.717, 1.165) is 0 Å². The van der Waals surface area contributed by atoms with E-state index in [0.29, 0.717) is 6.42 Å². The number of imide groups is 1. The van der Waals surface area contributed by atoms with Gasteiger partial charge in [0, 0.05) is 45.0 Å². The van der Waals surface area contributed by atoms with Gasteiger partial charge in [0.1, 0.15) is 0 Å². The van der Waals surface area contributed by atoms with Crippen molar-refractivity contribution in [1.82, 2.24) is 5.32 Å². The van der Waals surface area contributed by atoms with Crippen LogP contribution in [0.4, 0.5) is 0 Å². The molecule has 0 saturated carbocycles. The van der Waals surface area contributed by atoms with Crippen LogP contribution in [-0.2, 0) is 47.1 Å². The number of hydrogen-bond acceptors (Lipinski definition) is 3. The molecule has 0 spiro atoms. The van der Waals surface area contributed by atoms with Crippen LogP contribution < -0.4 is 5.32 Å². The van der Waals surface area contributed by atoms with Crippen molar-refractivity contribution in [2.45, 2.75) is 32.7 Å². The van der Waals surface area contributed by atoms with Crippen LogP contribution in [0.15, 0.2) is 0 Å². The van der Waals surface area contributed by atoms with E-state index in [9.17, 15) is 14.4 Å². The molecule has 0 aromatic rings. The molecule has 1 fully saturated rings. The van der Waals surface area contributed by atoms with Gasteiger partial charge in [-0.2, -0.15) is 6.92 Å². The van der Waals surface area contributed by atoms with Gasteiger partial charge in [0.15, 0.2) is 0 Å². The number of carbonyl (C=O) groups excluding carboxylic acids is 3. The Morgan fingerprint density at radius 2 is 2.19 bits per heavy atom. The van der Waals surface area contributed by atoms with E-state index in [-0.39, 0.29) is 56.9 Å². The Hall–Kier alpha value is -0.286. The molecule has 0 bridgehead atoms. The van der Waals surface area contributed by atoms with Crippen molar-refractivity contribution in [1.29, 1.82) is 0 Å². The number of carbonyl (C=O) groups is 3. The van der Waals surface area contributed by atoms with Crippen molar-refractivity contribution in [3.8, 4) is 0 Å². The summed E-state index contributed by atoms with van der Waals surface area (Å²) in [5, 5.41) is 5.95. The van der Waals surface area contributed by atoms with E-state index in [4.69, 9.17) is 0 Å². The van der Waals surface area contributed by atoms with Gasteiger partial charge in [0.05, 0.1) is 0 Å². The Morgan fingerprint density at radius 1 is 1.56 bits per heavy atom. The van der Waals surface area contributed by atoms with Gasteiger partial charge in [-0.25, -0.2) is 0 Å². The number of nitrogens with one attached hydrogen (secondary N) is 1. The van der Waals surface area contributed by atoms with Gasteiger partial charge < -0.3 is 16.5 Å². The Labute approximate surface area is 120 Å². The summed E-state index contributed by atoms with van der Waals surface area (Å²) in [5.41, 5.74) is 0. The molecule has 6 heteroatoms. The molecule has 0 aromatic carbocycles.